The summed E-state index contributed by atoms with van der Waals surface area (Å²) in [6.45, 7) is 4.12. The van der Waals surface area contributed by atoms with Gasteiger partial charge in [0.25, 0.3) is 0 Å². The smallest absolute Gasteiger partial charge is 0.581 e. The quantitative estimate of drug-likeness (QED) is 0.780. The van der Waals surface area contributed by atoms with Gasteiger partial charge in [-0.2, -0.15) is 12.4 Å². The molecule has 0 atom stereocenters. The van der Waals surface area contributed by atoms with Crippen molar-refractivity contribution < 1.29 is 19.5 Å². The molecule has 2 aromatic heterocycles. The maximum atomic E-state index is 3.78. The first kappa shape index (κ1) is 14.0. The zero-order valence-electron chi connectivity index (χ0n) is 8.87. The minimum Gasteiger partial charge on any atom is -0.581 e. The van der Waals surface area contributed by atoms with Gasteiger partial charge in [-0.3, -0.25) is 0 Å². The third-order valence-corrected chi connectivity index (χ3v) is 1.76. The summed E-state index contributed by atoms with van der Waals surface area (Å²) in [6.07, 6.45) is 5.39. The molecule has 4 nitrogen and oxygen atoms in total. The van der Waals surface area contributed by atoms with E-state index < -0.39 is 0 Å². The molecule has 2 aromatic rings. The van der Waals surface area contributed by atoms with Gasteiger partial charge in [-0.25, -0.2) is 0 Å². The molecule has 0 N–H and O–H groups in total. The van der Waals surface area contributed by atoms with Gasteiger partial charge in [0.1, 0.15) is 0 Å². The second-order valence-electron chi connectivity index (χ2n) is 2.75. The summed E-state index contributed by atoms with van der Waals surface area (Å²) in [4.78, 5) is 0. The molecule has 0 aliphatic rings. The van der Waals surface area contributed by atoms with Gasteiger partial charge in [0.05, 0.1) is 0 Å². The Labute approximate surface area is 103 Å². The Morgan fingerprint density at radius 1 is 0.933 bits per heavy atom. The van der Waals surface area contributed by atoms with Gasteiger partial charge in [0.15, 0.2) is 0 Å². The van der Waals surface area contributed by atoms with Crippen molar-refractivity contribution in [3.05, 3.63) is 35.9 Å². The molecule has 0 fully saturated rings. The first-order chi connectivity index (χ1) is 6.86. The zero-order chi connectivity index (χ0) is 10.2. The van der Waals surface area contributed by atoms with Crippen molar-refractivity contribution in [1.82, 2.24) is 20.4 Å². The topological polar surface area (TPSA) is 54.0 Å². The first-order valence-electron chi connectivity index (χ1n) is 4.73. The predicted octanol–water partition coefficient (Wildman–Crippen LogP) is 1.20. The van der Waals surface area contributed by atoms with Crippen molar-refractivity contribution in [2.24, 2.45) is 0 Å². The van der Waals surface area contributed by atoms with Crippen molar-refractivity contribution in [3.63, 3.8) is 0 Å². The van der Waals surface area contributed by atoms with E-state index >= 15 is 0 Å². The Morgan fingerprint density at radius 2 is 1.33 bits per heavy atom. The van der Waals surface area contributed by atoms with Crippen LogP contribution in [0.3, 0.4) is 0 Å². The molecular formula is C10H14N4Ru+. The summed E-state index contributed by atoms with van der Waals surface area (Å²) in [7, 11) is 0. The fourth-order valence-corrected chi connectivity index (χ4v) is 0.898. The van der Waals surface area contributed by atoms with Crippen molar-refractivity contribution in [2.75, 3.05) is 0 Å². The molecule has 81 valence electrons. The maximum absolute atomic E-state index is 3.78. The van der Waals surface area contributed by atoms with Gasteiger partial charge in [-0.05, 0) is 12.8 Å². The summed E-state index contributed by atoms with van der Waals surface area (Å²) in [5.74, 6) is 0. The average molecular weight is 291 g/mol. The van der Waals surface area contributed by atoms with Crippen LogP contribution >= 0.6 is 0 Å². The van der Waals surface area contributed by atoms with E-state index in [2.05, 4.69) is 34.2 Å². The number of hydrogen-bond donors (Lipinski definition) is 0. The molecule has 2 heterocycles. The third kappa shape index (κ3) is 5.48. The summed E-state index contributed by atoms with van der Waals surface area (Å²) >= 11 is 0. The van der Waals surface area contributed by atoms with E-state index in [-0.39, 0.29) is 19.5 Å². The molecule has 0 aliphatic heterocycles. The van der Waals surface area contributed by atoms with Crippen LogP contribution in [0.1, 0.15) is 25.2 Å². The molecule has 1 radical (unpaired) electrons. The Hall–Kier alpha value is -0.957. The number of rotatable bonds is 2. The SMILES string of the molecule is CCc1cc[n-]n1.CCc1cc[n-]n1.[Ru+3]. The molecule has 15 heavy (non-hydrogen) atoms. The molecule has 0 amide bonds. The molecule has 0 bridgehead atoms. The zero-order valence-corrected chi connectivity index (χ0v) is 10.6. The van der Waals surface area contributed by atoms with Crippen LogP contribution in [-0.2, 0) is 32.3 Å². The van der Waals surface area contributed by atoms with Crippen LogP contribution in [0.15, 0.2) is 24.5 Å². The van der Waals surface area contributed by atoms with Gasteiger partial charge in [-0.15, -0.1) is 0 Å². The summed E-state index contributed by atoms with van der Waals surface area (Å²) in [6, 6.07) is 3.83. The molecule has 0 unspecified atom stereocenters. The minimum atomic E-state index is 0. The van der Waals surface area contributed by atoms with Gasteiger partial charge in [-0.1, -0.05) is 26.0 Å². The number of nitrogens with zero attached hydrogens (tertiary/aromatic N) is 4. The van der Waals surface area contributed by atoms with Gasteiger partial charge >= 0.3 is 19.5 Å². The van der Waals surface area contributed by atoms with E-state index in [1.165, 1.54) is 0 Å². The molecule has 0 aliphatic carbocycles. The van der Waals surface area contributed by atoms with Crippen LogP contribution in [-0.4, -0.2) is 10.2 Å². The minimum absolute atomic E-state index is 0. The Bertz CT molecular complexity index is 281. The van der Waals surface area contributed by atoms with Gasteiger partial charge < -0.3 is 20.4 Å². The summed E-state index contributed by atoms with van der Waals surface area (Å²) in [5.41, 5.74) is 2.14. The van der Waals surface area contributed by atoms with E-state index in [1.807, 2.05) is 12.1 Å². The van der Waals surface area contributed by atoms with Crippen LogP contribution in [0, 0.1) is 0 Å². The van der Waals surface area contributed by atoms with E-state index in [9.17, 15) is 0 Å². The Morgan fingerprint density at radius 3 is 1.47 bits per heavy atom. The molecule has 5 heteroatoms. The Balaban J connectivity index is 0.000000245. The second-order valence-corrected chi connectivity index (χ2v) is 2.75. The van der Waals surface area contributed by atoms with Crippen LogP contribution < -0.4 is 10.2 Å². The second kappa shape index (κ2) is 8.36. The number of hydrogen-bond acceptors (Lipinski definition) is 2. The van der Waals surface area contributed by atoms with Gasteiger partial charge in [0, 0.05) is 11.4 Å². The van der Waals surface area contributed by atoms with Crippen molar-refractivity contribution in [3.8, 4) is 0 Å². The van der Waals surface area contributed by atoms with E-state index in [1.54, 1.807) is 12.4 Å². The largest absolute Gasteiger partial charge is 3.00 e. The molecule has 0 spiro atoms. The maximum Gasteiger partial charge on any atom is 3.00 e. The van der Waals surface area contributed by atoms with E-state index in [0.717, 1.165) is 24.2 Å². The van der Waals surface area contributed by atoms with Crippen LogP contribution in [0.5, 0.6) is 0 Å². The van der Waals surface area contributed by atoms with Crippen LogP contribution in [0.2, 0.25) is 0 Å². The van der Waals surface area contributed by atoms with E-state index in [0.29, 0.717) is 0 Å². The van der Waals surface area contributed by atoms with Crippen molar-refractivity contribution in [2.45, 2.75) is 26.7 Å². The summed E-state index contributed by atoms with van der Waals surface area (Å²) < 4.78 is 0. The molecule has 0 aromatic carbocycles. The molecular weight excluding hydrogens is 277 g/mol. The summed E-state index contributed by atoms with van der Waals surface area (Å²) in [5, 5.41) is 14.9. The monoisotopic (exact) mass is 292 g/mol. The standard InChI is InChI=1S/2C5H7N2.Ru/c2*1-2-5-3-4-6-7-5;/h2*3-4H,2H2,1H3;/q2*-1;+3. The fraction of sp³-hybridized carbons (Fsp3) is 0.400. The average Bonchev–Trinajstić information content (AvgIpc) is 2.92. The number of aromatic nitrogens is 4. The van der Waals surface area contributed by atoms with Gasteiger partial charge in [0.2, 0.25) is 0 Å². The van der Waals surface area contributed by atoms with Crippen LogP contribution in [0.4, 0.5) is 0 Å². The van der Waals surface area contributed by atoms with Crippen LogP contribution in [0.25, 0.3) is 0 Å². The number of aryl methyl sites for hydroxylation is 2. The fourth-order valence-electron chi connectivity index (χ4n) is 0.898. The molecule has 0 saturated carbocycles. The molecule has 2 rings (SSSR count). The van der Waals surface area contributed by atoms with Crippen molar-refractivity contribution >= 4 is 0 Å². The molecule has 0 saturated heterocycles. The van der Waals surface area contributed by atoms with E-state index in [4.69, 9.17) is 0 Å². The first-order valence-corrected chi connectivity index (χ1v) is 4.73. The third-order valence-electron chi connectivity index (χ3n) is 1.76. The van der Waals surface area contributed by atoms with Crippen molar-refractivity contribution in [1.29, 1.82) is 0 Å². The predicted molar refractivity (Wildman–Crippen MR) is 53.9 cm³/mol. The Kier molecular flexibility index (Phi) is 7.83. The normalized spacial score (nSPS) is 8.67.